The molecule has 0 fully saturated rings. The first kappa shape index (κ1) is 15.1. The summed E-state index contributed by atoms with van der Waals surface area (Å²) in [6.45, 7) is 3.67. The highest BCUT2D eigenvalue weighted by Gasteiger charge is 2.32. The van der Waals surface area contributed by atoms with Crippen molar-refractivity contribution in [3.63, 3.8) is 0 Å². The lowest BCUT2D eigenvalue weighted by Crippen LogP contribution is -2.35. The van der Waals surface area contributed by atoms with Gasteiger partial charge in [0.25, 0.3) is 0 Å². The maximum absolute atomic E-state index is 12.2. The maximum Gasteiger partial charge on any atom is 0.170 e. The summed E-state index contributed by atoms with van der Waals surface area (Å²) in [6.07, 6.45) is 0.256. The van der Waals surface area contributed by atoms with E-state index >= 15 is 0 Å². The number of allylic oxidation sites excluding steroid dienone is 2. The zero-order valence-corrected chi connectivity index (χ0v) is 12.1. The summed E-state index contributed by atoms with van der Waals surface area (Å²) in [4.78, 5) is 12.2. The number of ketones is 1. The average Bonchev–Trinajstić information content (AvgIpc) is 2.47. The first-order chi connectivity index (χ1) is 10.4. The van der Waals surface area contributed by atoms with E-state index in [0.717, 1.165) is 0 Å². The molecule has 0 aromatic heterocycles. The number of benzene rings is 1. The van der Waals surface area contributed by atoms with E-state index in [1.807, 2.05) is 13.8 Å². The second-order valence-corrected chi connectivity index (χ2v) is 5.38. The van der Waals surface area contributed by atoms with Gasteiger partial charge in [0.1, 0.15) is 35.3 Å². The van der Waals surface area contributed by atoms with Gasteiger partial charge in [0, 0.05) is 5.69 Å². The average molecular weight is 292 g/mol. The van der Waals surface area contributed by atoms with Crippen LogP contribution < -0.4 is 10.1 Å². The van der Waals surface area contributed by atoms with Crippen LogP contribution in [0.5, 0.6) is 5.75 Å². The minimum absolute atomic E-state index is 0.0572. The Morgan fingerprint density at radius 3 is 2.50 bits per heavy atom. The van der Waals surface area contributed by atoms with Crippen molar-refractivity contribution in [3.8, 4) is 24.0 Å². The zero-order valence-electron chi connectivity index (χ0n) is 12.1. The summed E-state index contributed by atoms with van der Waals surface area (Å²) >= 11 is 0. The normalized spacial score (nSPS) is 14.4. The number of hydrogen-bond acceptors (Lipinski definition) is 6. The van der Waals surface area contributed by atoms with E-state index in [9.17, 15) is 4.79 Å². The van der Waals surface area contributed by atoms with Gasteiger partial charge in [-0.25, -0.2) is 0 Å². The third-order valence-corrected chi connectivity index (χ3v) is 3.11. The Morgan fingerprint density at radius 2 is 1.91 bits per heavy atom. The molecule has 2 rings (SSSR count). The van der Waals surface area contributed by atoms with Crippen LogP contribution in [-0.4, -0.2) is 11.4 Å². The molecule has 6 heteroatoms. The molecule has 108 valence electrons. The van der Waals surface area contributed by atoms with Crippen LogP contribution in [0.15, 0.2) is 29.5 Å². The van der Waals surface area contributed by atoms with Gasteiger partial charge in [-0.3, -0.25) is 4.79 Å². The Bertz CT molecular complexity index is 785. The maximum atomic E-state index is 12.2. The lowest BCUT2D eigenvalue weighted by Gasteiger charge is -2.31. The first-order valence-electron chi connectivity index (χ1n) is 6.48. The van der Waals surface area contributed by atoms with Crippen LogP contribution in [0.1, 0.15) is 30.6 Å². The zero-order chi connectivity index (χ0) is 16.3. The second kappa shape index (κ2) is 5.60. The molecule has 0 bridgehead atoms. The van der Waals surface area contributed by atoms with Gasteiger partial charge in [-0.1, -0.05) is 0 Å². The van der Waals surface area contributed by atoms with Gasteiger partial charge in [-0.2, -0.15) is 15.8 Å². The number of ether oxygens (including phenoxy) is 1. The van der Waals surface area contributed by atoms with E-state index in [1.54, 1.807) is 36.4 Å². The Balaban J connectivity index is 2.39. The van der Waals surface area contributed by atoms with Crippen LogP contribution in [0.25, 0.3) is 0 Å². The van der Waals surface area contributed by atoms with Crippen LogP contribution in [0.4, 0.5) is 5.69 Å². The fourth-order valence-corrected chi connectivity index (χ4v) is 2.16. The predicted octanol–water partition coefficient (Wildman–Crippen LogP) is 2.67. The van der Waals surface area contributed by atoms with E-state index < -0.39 is 5.60 Å². The number of carbonyl (C=O) groups is 1. The Morgan fingerprint density at radius 1 is 1.23 bits per heavy atom. The smallest absolute Gasteiger partial charge is 0.170 e. The molecular weight excluding hydrogens is 280 g/mol. The second-order valence-electron chi connectivity index (χ2n) is 5.38. The molecule has 1 aromatic rings. The van der Waals surface area contributed by atoms with E-state index in [2.05, 4.69) is 5.32 Å². The number of nitrogens with one attached hydrogen (secondary N) is 1. The molecular formula is C16H12N4O2. The summed E-state index contributed by atoms with van der Waals surface area (Å²) in [7, 11) is 0. The van der Waals surface area contributed by atoms with Crippen molar-refractivity contribution < 1.29 is 9.53 Å². The van der Waals surface area contributed by atoms with Crippen molar-refractivity contribution in [2.75, 3.05) is 5.32 Å². The van der Waals surface area contributed by atoms with Gasteiger partial charge in [-0.05, 0) is 32.0 Å². The number of fused-ring (bicyclic) bond motifs is 1. The molecule has 1 aromatic carbocycles. The van der Waals surface area contributed by atoms with Gasteiger partial charge < -0.3 is 10.1 Å². The Kier molecular flexibility index (Phi) is 3.84. The highest BCUT2D eigenvalue weighted by Crippen LogP contribution is 2.34. The molecule has 0 amide bonds. The van der Waals surface area contributed by atoms with Gasteiger partial charge >= 0.3 is 0 Å². The van der Waals surface area contributed by atoms with Gasteiger partial charge in [0.2, 0.25) is 0 Å². The number of hydrogen-bond donors (Lipinski definition) is 1. The number of nitrogens with zero attached hydrogens (tertiary/aromatic N) is 3. The number of anilines is 1. The third kappa shape index (κ3) is 2.90. The highest BCUT2D eigenvalue weighted by atomic mass is 16.5. The van der Waals surface area contributed by atoms with Crippen LogP contribution in [-0.2, 0) is 0 Å². The van der Waals surface area contributed by atoms with Crippen molar-refractivity contribution in [1.29, 1.82) is 15.8 Å². The standard InChI is InChI=1S/C16H12N4O2/c1-16(2)6-14(21)12-5-11(3-4-15(12)22-16)20-13(9-19)10(7-17)8-18/h3-5,20H,6H2,1-2H3. The molecule has 0 radical (unpaired) electrons. The van der Waals surface area contributed by atoms with Crippen LogP contribution in [0, 0.1) is 34.0 Å². The summed E-state index contributed by atoms with van der Waals surface area (Å²) in [6, 6.07) is 9.86. The minimum Gasteiger partial charge on any atom is -0.487 e. The highest BCUT2D eigenvalue weighted by molar-refractivity contribution is 6.01. The number of Topliss-reactive ketones (excluding diaryl/α,β-unsaturated/α-hetero) is 1. The van der Waals surface area contributed by atoms with Gasteiger partial charge in [0.15, 0.2) is 11.4 Å². The molecule has 6 nitrogen and oxygen atoms in total. The van der Waals surface area contributed by atoms with Crippen molar-refractivity contribution in [2.24, 2.45) is 0 Å². The predicted molar refractivity (Wildman–Crippen MR) is 77.6 cm³/mol. The molecule has 0 saturated heterocycles. The number of carbonyl (C=O) groups excluding carboxylic acids is 1. The van der Waals surface area contributed by atoms with Crippen LogP contribution >= 0.6 is 0 Å². The lowest BCUT2D eigenvalue weighted by atomic mass is 9.93. The SMILES string of the molecule is CC1(C)CC(=O)c2cc(NC(C#N)=C(C#N)C#N)ccc2O1. The molecule has 0 saturated carbocycles. The van der Waals surface area contributed by atoms with Gasteiger partial charge in [-0.15, -0.1) is 0 Å². The van der Waals surface area contributed by atoms with Crippen LogP contribution in [0.2, 0.25) is 0 Å². The Hall–Kier alpha value is -3.30. The quantitative estimate of drug-likeness (QED) is 0.839. The van der Waals surface area contributed by atoms with E-state index in [-0.39, 0.29) is 23.5 Å². The fraction of sp³-hybridized carbons (Fsp3) is 0.250. The molecule has 1 aliphatic rings. The largest absolute Gasteiger partial charge is 0.487 e. The van der Waals surface area contributed by atoms with Crippen molar-refractivity contribution in [1.82, 2.24) is 0 Å². The number of rotatable bonds is 2. The summed E-state index contributed by atoms with van der Waals surface area (Å²) in [5.74, 6) is 0.424. The summed E-state index contributed by atoms with van der Waals surface area (Å²) < 4.78 is 5.74. The Labute approximate surface area is 127 Å². The third-order valence-electron chi connectivity index (χ3n) is 3.11. The van der Waals surface area contributed by atoms with Crippen LogP contribution in [0.3, 0.4) is 0 Å². The molecule has 22 heavy (non-hydrogen) atoms. The molecule has 0 atom stereocenters. The molecule has 0 spiro atoms. The molecule has 1 aliphatic heterocycles. The van der Waals surface area contributed by atoms with E-state index in [1.165, 1.54) is 0 Å². The molecule has 1 N–H and O–H groups in total. The monoisotopic (exact) mass is 292 g/mol. The van der Waals surface area contributed by atoms with E-state index in [4.69, 9.17) is 20.5 Å². The molecule has 0 aliphatic carbocycles. The fourth-order valence-electron chi connectivity index (χ4n) is 2.16. The summed E-state index contributed by atoms with van der Waals surface area (Å²) in [5.41, 5.74) is -0.170. The first-order valence-corrected chi connectivity index (χ1v) is 6.48. The summed E-state index contributed by atoms with van der Waals surface area (Å²) in [5, 5.41) is 29.3. The molecule has 1 heterocycles. The topological polar surface area (TPSA) is 110 Å². The minimum atomic E-state index is -0.550. The molecule has 0 unspecified atom stereocenters. The van der Waals surface area contributed by atoms with E-state index in [0.29, 0.717) is 17.0 Å². The van der Waals surface area contributed by atoms with Gasteiger partial charge in [0.05, 0.1) is 12.0 Å². The lowest BCUT2D eigenvalue weighted by molar-refractivity contribution is 0.0620. The van der Waals surface area contributed by atoms with Crippen molar-refractivity contribution in [3.05, 3.63) is 35.0 Å². The van der Waals surface area contributed by atoms with Crippen molar-refractivity contribution >= 4 is 11.5 Å². The number of nitriles is 3. The van der Waals surface area contributed by atoms with Crippen molar-refractivity contribution in [2.45, 2.75) is 25.9 Å².